The molecule has 6 aromatic carbocycles. The maximum absolute atomic E-state index is 2.45. The van der Waals surface area contributed by atoms with Crippen molar-refractivity contribution in [2.24, 2.45) is 0 Å². The Hall–Kier alpha value is -4.42. The molecule has 2 aliphatic rings. The van der Waals surface area contributed by atoms with Crippen LogP contribution >= 0.6 is 0 Å². The summed E-state index contributed by atoms with van der Waals surface area (Å²) in [5, 5.41) is 2.73. The van der Waals surface area contributed by atoms with Crippen molar-refractivity contribution in [1.29, 1.82) is 0 Å². The van der Waals surface area contributed by atoms with Crippen molar-refractivity contribution >= 4 is 10.8 Å². The van der Waals surface area contributed by atoms with Gasteiger partial charge in [0.15, 0.2) is 0 Å². The van der Waals surface area contributed by atoms with Gasteiger partial charge in [-0.15, -0.1) is 0 Å². The predicted octanol–water partition coefficient (Wildman–Crippen LogP) is 10.1. The van der Waals surface area contributed by atoms with E-state index in [-0.39, 0.29) is 5.41 Å². The highest BCUT2D eigenvalue weighted by atomic mass is 14.4. The molecule has 0 N–H and O–H groups in total. The van der Waals surface area contributed by atoms with Crippen molar-refractivity contribution in [3.05, 3.63) is 132 Å². The van der Waals surface area contributed by atoms with E-state index in [9.17, 15) is 0 Å². The van der Waals surface area contributed by atoms with Crippen LogP contribution in [0.25, 0.3) is 66.4 Å². The Labute approximate surface area is 217 Å². The van der Waals surface area contributed by atoms with E-state index in [1.54, 1.807) is 0 Å². The van der Waals surface area contributed by atoms with Crippen LogP contribution in [0.15, 0.2) is 121 Å². The summed E-state index contributed by atoms with van der Waals surface area (Å²) < 4.78 is 0. The van der Waals surface area contributed by atoms with Gasteiger partial charge in [0.1, 0.15) is 0 Å². The van der Waals surface area contributed by atoms with E-state index in [1.807, 2.05) is 0 Å². The van der Waals surface area contributed by atoms with E-state index in [0.29, 0.717) is 0 Å². The first-order valence-corrected chi connectivity index (χ1v) is 13.1. The van der Waals surface area contributed by atoms with E-state index >= 15 is 0 Å². The number of rotatable bonds is 2. The van der Waals surface area contributed by atoms with Crippen molar-refractivity contribution in [3.63, 3.8) is 0 Å². The second-order valence-electron chi connectivity index (χ2n) is 10.9. The maximum atomic E-state index is 2.45. The Bertz CT molecular complexity index is 1860. The van der Waals surface area contributed by atoms with Gasteiger partial charge in [-0.05, 0) is 83.6 Å². The Morgan fingerprint density at radius 1 is 0.351 bits per heavy atom. The lowest BCUT2D eigenvalue weighted by Gasteiger charge is -2.22. The number of fused-ring (bicyclic) bond motifs is 6. The molecule has 0 amide bonds. The minimum Gasteiger partial charge on any atom is -0.0622 e. The monoisotopic (exact) mass is 470 g/mol. The maximum Gasteiger partial charge on any atom is 0.0159 e. The zero-order chi connectivity index (χ0) is 24.7. The Kier molecular flexibility index (Phi) is 4.10. The molecule has 0 unspecified atom stereocenters. The first kappa shape index (κ1) is 20.7. The molecule has 0 fully saturated rings. The fourth-order valence-electron chi connectivity index (χ4n) is 6.87. The van der Waals surface area contributed by atoms with Crippen LogP contribution < -0.4 is 0 Å². The van der Waals surface area contributed by atoms with Crippen LogP contribution in [0.5, 0.6) is 0 Å². The molecular formula is C37H26. The van der Waals surface area contributed by atoms with Crippen LogP contribution in [0.1, 0.15) is 25.0 Å². The van der Waals surface area contributed by atoms with Gasteiger partial charge in [-0.3, -0.25) is 0 Å². The highest BCUT2D eigenvalue weighted by Gasteiger charge is 2.35. The average Bonchev–Trinajstić information content (AvgIpc) is 3.40. The van der Waals surface area contributed by atoms with Gasteiger partial charge in [-0.2, -0.15) is 0 Å². The van der Waals surface area contributed by atoms with Crippen LogP contribution in [0.4, 0.5) is 0 Å². The van der Waals surface area contributed by atoms with Crippen LogP contribution in [0.3, 0.4) is 0 Å². The molecule has 2 aliphatic carbocycles. The van der Waals surface area contributed by atoms with Crippen molar-refractivity contribution in [3.8, 4) is 55.6 Å². The molecule has 37 heavy (non-hydrogen) atoms. The van der Waals surface area contributed by atoms with Gasteiger partial charge >= 0.3 is 0 Å². The minimum absolute atomic E-state index is 0.0186. The van der Waals surface area contributed by atoms with Crippen molar-refractivity contribution in [1.82, 2.24) is 0 Å². The molecule has 0 aromatic heterocycles. The van der Waals surface area contributed by atoms with E-state index in [0.717, 1.165) is 0 Å². The quantitative estimate of drug-likeness (QED) is 0.236. The van der Waals surface area contributed by atoms with Gasteiger partial charge in [0.05, 0.1) is 0 Å². The van der Waals surface area contributed by atoms with Gasteiger partial charge in [0.2, 0.25) is 0 Å². The summed E-state index contributed by atoms with van der Waals surface area (Å²) in [6.07, 6.45) is 0. The van der Waals surface area contributed by atoms with Gasteiger partial charge in [0, 0.05) is 5.41 Å². The molecule has 6 aromatic rings. The second-order valence-corrected chi connectivity index (χ2v) is 10.9. The molecule has 0 bridgehead atoms. The SMILES string of the molecule is CC1(C)c2ccccc2-c2ccc(-c3ccc4c5c(ccc(-c6ccccc6)c35)-c3ccccc3-4)cc21. The third kappa shape index (κ3) is 2.73. The molecule has 0 heterocycles. The molecule has 0 nitrogen and oxygen atoms in total. The van der Waals surface area contributed by atoms with Crippen LogP contribution in [0.2, 0.25) is 0 Å². The summed E-state index contributed by atoms with van der Waals surface area (Å²) in [4.78, 5) is 0. The molecule has 8 rings (SSSR count). The van der Waals surface area contributed by atoms with Crippen LogP contribution in [-0.2, 0) is 5.41 Å². The number of hydrogen-bond acceptors (Lipinski definition) is 0. The number of benzene rings is 6. The summed E-state index contributed by atoms with van der Waals surface area (Å²) >= 11 is 0. The lowest BCUT2D eigenvalue weighted by molar-refractivity contribution is 0.660. The van der Waals surface area contributed by atoms with E-state index in [2.05, 4.69) is 135 Å². The molecule has 0 saturated heterocycles. The summed E-state index contributed by atoms with van der Waals surface area (Å²) in [5.74, 6) is 0. The highest BCUT2D eigenvalue weighted by molar-refractivity contribution is 6.22. The average molecular weight is 471 g/mol. The minimum atomic E-state index is -0.0186. The van der Waals surface area contributed by atoms with Crippen LogP contribution in [-0.4, -0.2) is 0 Å². The largest absolute Gasteiger partial charge is 0.0622 e. The molecule has 0 radical (unpaired) electrons. The van der Waals surface area contributed by atoms with Crippen LogP contribution in [0, 0.1) is 0 Å². The third-order valence-corrected chi connectivity index (χ3v) is 8.65. The Morgan fingerprint density at radius 3 is 1.54 bits per heavy atom. The third-order valence-electron chi connectivity index (χ3n) is 8.65. The lowest BCUT2D eigenvalue weighted by Crippen LogP contribution is -2.14. The fourth-order valence-corrected chi connectivity index (χ4v) is 6.87. The summed E-state index contributed by atoms with van der Waals surface area (Å²) in [7, 11) is 0. The zero-order valence-electron chi connectivity index (χ0n) is 21.0. The molecule has 0 saturated carbocycles. The second kappa shape index (κ2) is 7.31. The Balaban J connectivity index is 1.44. The van der Waals surface area contributed by atoms with E-state index < -0.39 is 0 Å². The summed E-state index contributed by atoms with van der Waals surface area (Å²) in [6, 6.07) is 45.1. The topological polar surface area (TPSA) is 0 Å². The van der Waals surface area contributed by atoms with Crippen molar-refractivity contribution in [2.75, 3.05) is 0 Å². The van der Waals surface area contributed by atoms with Crippen molar-refractivity contribution in [2.45, 2.75) is 19.3 Å². The molecular weight excluding hydrogens is 444 g/mol. The first-order chi connectivity index (χ1) is 18.1. The van der Waals surface area contributed by atoms with Crippen molar-refractivity contribution < 1.29 is 0 Å². The van der Waals surface area contributed by atoms with E-state index in [4.69, 9.17) is 0 Å². The summed E-state index contributed by atoms with van der Waals surface area (Å²) in [6.45, 7) is 4.72. The normalized spacial score (nSPS) is 13.9. The van der Waals surface area contributed by atoms with Gasteiger partial charge in [-0.1, -0.05) is 129 Å². The molecule has 0 heteroatoms. The fraction of sp³-hybridized carbons (Fsp3) is 0.0811. The first-order valence-electron chi connectivity index (χ1n) is 13.1. The predicted molar refractivity (Wildman–Crippen MR) is 157 cm³/mol. The smallest absolute Gasteiger partial charge is 0.0159 e. The van der Waals surface area contributed by atoms with E-state index in [1.165, 1.54) is 77.5 Å². The highest BCUT2D eigenvalue weighted by Crippen LogP contribution is 2.53. The number of hydrogen-bond donors (Lipinski definition) is 0. The molecule has 0 aliphatic heterocycles. The van der Waals surface area contributed by atoms with Gasteiger partial charge in [-0.25, -0.2) is 0 Å². The Morgan fingerprint density at radius 2 is 0.838 bits per heavy atom. The summed E-state index contributed by atoms with van der Waals surface area (Å²) in [5.41, 5.74) is 16.1. The molecule has 174 valence electrons. The van der Waals surface area contributed by atoms with Gasteiger partial charge in [0.25, 0.3) is 0 Å². The molecule has 0 atom stereocenters. The zero-order valence-corrected chi connectivity index (χ0v) is 21.0. The van der Waals surface area contributed by atoms with Gasteiger partial charge < -0.3 is 0 Å². The standard InChI is InChI=1S/C37H26/c1-37(2)33-15-9-8-14-29(33)30-17-16-24(22-34(30)37)26-19-21-32-28-13-7-6-12-27(28)31-20-18-25(35(26)36(31)32)23-10-4-3-5-11-23/h3-22H,1-2H3. The molecule has 0 spiro atoms. The lowest BCUT2D eigenvalue weighted by atomic mass is 9.81.